The van der Waals surface area contributed by atoms with Crippen LogP contribution in [-0.4, -0.2) is 25.0 Å². The molecule has 0 aliphatic rings. The molecule has 0 atom stereocenters. The summed E-state index contributed by atoms with van der Waals surface area (Å²) in [5.41, 5.74) is 1.24. The van der Waals surface area contributed by atoms with E-state index in [-0.39, 0.29) is 24.8 Å². The molecule has 2 rings (SSSR count). The first-order chi connectivity index (χ1) is 11.7. The van der Waals surface area contributed by atoms with Gasteiger partial charge in [-0.3, -0.25) is 4.79 Å². The van der Waals surface area contributed by atoms with E-state index in [1.165, 1.54) is 6.07 Å². The number of aliphatic imine (C=N–C) groups is 1. The average molecular weight is 328 g/mol. The van der Waals surface area contributed by atoms with Crippen LogP contribution in [0.2, 0.25) is 0 Å². The van der Waals surface area contributed by atoms with E-state index in [1.54, 1.807) is 18.2 Å². The highest BCUT2D eigenvalue weighted by atomic mass is 19.1. The summed E-state index contributed by atoms with van der Waals surface area (Å²) in [4.78, 5) is 16.2. The molecule has 0 aromatic heterocycles. The van der Waals surface area contributed by atoms with Crippen LogP contribution in [0, 0.1) is 5.82 Å². The SMILES string of the molecule is CCNC(=NCc1ccccc1F)NCC(=O)Nc1ccccc1. The maximum Gasteiger partial charge on any atom is 0.243 e. The highest BCUT2D eigenvalue weighted by Gasteiger charge is 2.05. The van der Waals surface area contributed by atoms with Gasteiger partial charge in [0.1, 0.15) is 5.82 Å². The third-order valence-corrected chi connectivity index (χ3v) is 3.18. The summed E-state index contributed by atoms with van der Waals surface area (Å²) >= 11 is 0. The quantitative estimate of drug-likeness (QED) is 0.564. The highest BCUT2D eigenvalue weighted by Crippen LogP contribution is 2.07. The van der Waals surface area contributed by atoms with Crippen molar-refractivity contribution in [2.45, 2.75) is 13.5 Å². The van der Waals surface area contributed by atoms with Gasteiger partial charge in [-0.2, -0.15) is 0 Å². The topological polar surface area (TPSA) is 65.5 Å². The van der Waals surface area contributed by atoms with Gasteiger partial charge in [0, 0.05) is 17.8 Å². The van der Waals surface area contributed by atoms with Crippen molar-refractivity contribution in [3.63, 3.8) is 0 Å². The van der Waals surface area contributed by atoms with Crippen LogP contribution in [0.25, 0.3) is 0 Å². The second kappa shape index (κ2) is 9.29. The minimum atomic E-state index is -0.293. The monoisotopic (exact) mass is 328 g/mol. The molecule has 0 aliphatic carbocycles. The number of nitrogens with one attached hydrogen (secondary N) is 3. The summed E-state index contributed by atoms with van der Waals surface area (Å²) in [6.07, 6.45) is 0. The van der Waals surface area contributed by atoms with Crippen molar-refractivity contribution in [1.29, 1.82) is 0 Å². The van der Waals surface area contributed by atoms with Gasteiger partial charge in [0.15, 0.2) is 5.96 Å². The maximum absolute atomic E-state index is 13.6. The van der Waals surface area contributed by atoms with Gasteiger partial charge < -0.3 is 16.0 Å². The number of amides is 1. The molecular formula is C18H21FN4O. The minimum absolute atomic E-state index is 0.0675. The fourth-order valence-corrected chi connectivity index (χ4v) is 2.02. The standard InChI is InChI=1S/C18H21FN4O/c1-2-20-18(21-12-14-8-6-7-11-16(14)19)22-13-17(24)23-15-9-4-3-5-10-15/h3-11H,2,12-13H2,1H3,(H,23,24)(H2,20,21,22). The molecule has 0 heterocycles. The van der Waals surface area contributed by atoms with Crippen molar-refractivity contribution in [3.05, 3.63) is 66.0 Å². The van der Waals surface area contributed by atoms with Gasteiger partial charge in [0.2, 0.25) is 5.91 Å². The summed E-state index contributed by atoms with van der Waals surface area (Å²) in [5.74, 6) is -0.0134. The Bertz CT molecular complexity index is 688. The molecule has 0 saturated carbocycles. The summed E-state index contributed by atoms with van der Waals surface area (Å²) in [7, 11) is 0. The Kier molecular flexibility index (Phi) is 6.76. The van der Waals surface area contributed by atoms with E-state index in [0.29, 0.717) is 18.1 Å². The van der Waals surface area contributed by atoms with Crippen LogP contribution in [0.15, 0.2) is 59.6 Å². The summed E-state index contributed by atoms with van der Waals surface area (Å²) in [6.45, 7) is 2.83. The van der Waals surface area contributed by atoms with E-state index in [9.17, 15) is 9.18 Å². The Hall–Kier alpha value is -2.89. The summed E-state index contributed by atoms with van der Waals surface area (Å²) in [5, 5.41) is 8.74. The van der Waals surface area contributed by atoms with Gasteiger partial charge >= 0.3 is 0 Å². The van der Waals surface area contributed by atoms with Crippen LogP contribution >= 0.6 is 0 Å². The molecule has 0 radical (unpaired) electrons. The van der Waals surface area contributed by atoms with E-state index < -0.39 is 0 Å². The number of hydrogen-bond acceptors (Lipinski definition) is 2. The Morgan fingerprint density at radius 3 is 2.46 bits per heavy atom. The van der Waals surface area contributed by atoms with Gasteiger partial charge in [0.05, 0.1) is 13.1 Å². The van der Waals surface area contributed by atoms with Crippen LogP contribution in [0.4, 0.5) is 10.1 Å². The molecule has 0 aliphatic heterocycles. The molecule has 5 nitrogen and oxygen atoms in total. The maximum atomic E-state index is 13.6. The molecule has 2 aromatic carbocycles. The van der Waals surface area contributed by atoms with E-state index in [2.05, 4.69) is 20.9 Å². The number of halogens is 1. The predicted octanol–water partition coefficient (Wildman–Crippen LogP) is 2.52. The van der Waals surface area contributed by atoms with Crippen LogP contribution in [-0.2, 0) is 11.3 Å². The van der Waals surface area contributed by atoms with E-state index in [4.69, 9.17) is 0 Å². The first-order valence-corrected chi connectivity index (χ1v) is 7.79. The number of benzene rings is 2. The number of carbonyl (C=O) groups excluding carboxylic acids is 1. The molecule has 0 saturated heterocycles. The molecule has 6 heteroatoms. The van der Waals surface area contributed by atoms with Crippen LogP contribution in [0.1, 0.15) is 12.5 Å². The summed E-state index contributed by atoms with van der Waals surface area (Å²) < 4.78 is 13.6. The second-order valence-corrected chi connectivity index (χ2v) is 5.05. The molecule has 3 N–H and O–H groups in total. The molecule has 0 bridgehead atoms. The zero-order valence-electron chi connectivity index (χ0n) is 13.6. The number of nitrogens with zero attached hydrogens (tertiary/aromatic N) is 1. The van der Waals surface area contributed by atoms with Crippen LogP contribution in [0.3, 0.4) is 0 Å². The lowest BCUT2D eigenvalue weighted by Crippen LogP contribution is -2.41. The normalized spacial score (nSPS) is 11.0. The van der Waals surface area contributed by atoms with Gasteiger partial charge in [-0.15, -0.1) is 0 Å². The molecule has 1 amide bonds. The lowest BCUT2D eigenvalue weighted by Gasteiger charge is -2.11. The van der Waals surface area contributed by atoms with Crippen molar-refractivity contribution in [1.82, 2.24) is 10.6 Å². The van der Waals surface area contributed by atoms with E-state index in [1.807, 2.05) is 37.3 Å². The first kappa shape index (κ1) is 17.5. The first-order valence-electron chi connectivity index (χ1n) is 7.79. The number of anilines is 1. The fourth-order valence-electron chi connectivity index (χ4n) is 2.02. The lowest BCUT2D eigenvalue weighted by atomic mass is 10.2. The molecule has 0 spiro atoms. The largest absolute Gasteiger partial charge is 0.357 e. The third-order valence-electron chi connectivity index (χ3n) is 3.18. The molecular weight excluding hydrogens is 307 g/mol. The lowest BCUT2D eigenvalue weighted by molar-refractivity contribution is -0.115. The number of para-hydroxylation sites is 1. The summed E-state index contributed by atoms with van der Waals surface area (Å²) in [6, 6.07) is 15.7. The van der Waals surface area contributed by atoms with Crippen molar-refractivity contribution in [2.24, 2.45) is 4.99 Å². The predicted molar refractivity (Wildman–Crippen MR) is 94.3 cm³/mol. The van der Waals surface area contributed by atoms with E-state index >= 15 is 0 Å². The van der Waals surface area contributed by atoms with Gasteiger partial charge in [-0.05, 0) is 25.1 Å². The smallest absolute Gasteiger partial charge is 0.243 e. The fraction of sp³-hybridized carbons (Fsp3) is 0.222. The number of hydrogen-bond donors (Lipinski definition) is 3. The van der Waals surface area contributed by atoms with Crippen molar-refractivity contribution < 1.29 is 9.18 Å². The average Bonchev–Trinajstić information content (AvgIpc) is 2.59. The Labute approximate surface area is 141 Å². The van der Waals surface area contributed by atoms with Crippen molar-refractivity contribution >= 4 is 17.6 Å². The molecule has 24 heavy (non-hydrogen) atoms. The Morgan fingerprint density at radius 1 is 1.04 bits per heavy atom. The van der Waals surface area contributed by atoms with E-state index in [0.717, 1.165) is 5.69 Å². The zero-order chi connectivity index (χ0) is 17.2. The van der Waals surface area contributed by atoms with Gasteiger partial charge in [-0.25, -0.2) is 9.38 Å². The number of carbonyl (C=O) groups is 1. The third kappa shape index (κ3) is 5.72. The van der Waals surface area contributed by atoms with Crippen LogP contribution in [0.5, 0.6) is 0 Å². The zero-order valence-corrected chi connectivity index (χ0v) is 13.6. The number of rotatable bonds is 6. The van der Waals surface area contributed by atoms with Crippen molar-refractivity contribution in [3.8, 4) is 0 Å². The molecule has 0 fully saturated rings. The highest BCUT2D eigenvalue weighted by molar-refractivity contribution is 5.94. The second-order valence-electron chi connectivity index (χ2n) is 5.05. The number of guanidine groups is 1. The Morgan fingerprint density at radius 2 is 1.75 bits per heavy atom. The van der Waals surface area contributed by atoms with Gasteiger partial charge in [0.25, 0.3) is 0 Å². The van der Waals surface area contributed by atoms with Crippen LogP contribution < -0.4 is 16.0 Å². The molecule has 2 aromatic rings. The molecule has 0 unspecified atom stereocenters. The van der Waals surface area contributed by atoms with Gasteiger partial charge in [-0.1, -0.05) is 36.4 Å². The molecule has 126 valence electrons. The minimum Gasteiger partial charge on any atom is -0.357 e. The Balaban J connectivity index is 1.89. The van der Waals surface area contributed by atoms with Crippen molar-refractivity contribution in [2.75, 3.05) is 18.4 Å².